The molecule has 0 aromatic heterocycles. The Balaban J connectivity index is 2.60. The third kappa shape index (κ3) is 1.99. The molecule has 2 aromatic carbocycles. The van der Waals surface area contributed by atoms with E-state index in [-0.39, 0.29) is 5.56 Å². The van der Waals surface area contributed by atoms with Crippen molar-refractivity contribution < 1.29 is 22.4 Å². The predicted octanol–water partition coefficient (Wildman–Crippen LogP) is 3.72. The van der Waals surface area contributed by atoms with Crippen molar-refractivity contribution in [2.75, 3.05) is 0 Å². The van der Waals surface area contributed by atoms with E-state index in [9.17, 15) is 22.4 Å². The molecule has 0 unspecified atom stereocenters. The van der Waals surface area contributed by atoms with Crippen molar-refractivity contribution in [1.29, 1.82) is 0 Å². The fourth-order valence-corrected chi connectivity index (χ4v) is 1.52. The zero-order valence-electron chi connectivity index (χ0n) is 8.88. The van der Waals surface area contributed by atoms with Crippen LogP contribution in [0.5, 0.6) is 0 Å². The van der Waals surface area contributed by atoms with Crippen LogP contribution in [0.2, 0.25) is 0 Å². The average Bonchev–Trinajstić information content (AvgIpc) is 2.41. The molecule has 0 bridgehead atoms. The van der Waals surface area contributed by atoms with Crippen LogP contribution in [0.15, 0.2) is 30.3 Å². The molecule has 0 amide bonds. The lowest BCUT2D eigenvalue weighted by Crippen LogP contribution is -1.98. The van der Waals surface area contributed by atoms with Gasteiger partial charge in [-0.05, 0) is 11.6 Å². The van der Waals surface area contributed by atoms with Gasteiger partial charge in [-0.25, -0.2) is 17.6 Å². The second-order valence-corrected chi connectivity index (χ2v) is 3.59. The number of hydrogen-bond donors (Lipinski definition) is 0. The van der Waals surface area contributed by atoms with Gasteiger partial charge in [0.25, 0.3) is 0 Å². The van der Waals surface area contributed by atoms with E-state index in [1.807, 2.05) is 0 Å². The van der Waals surface area contributed by atoms with E-state index in [2.05, 4.69) is 0 Å². The number of aldehydes is 1. The van der Waals surface area contributed by atoms with E-state index in [1.165, 1.54) is 24.3 Å². The first-order valence-corrected chi connectivity index (χ1v) is 4.93. The molecule has 0 saturated carbocycles. The van der Waals surface area contributed by atoms with Gasteiger partial charge in [0.2, 0.25) is 0 Å². The van der Waals surface area contributed by atoms with Crippen molar-refractivity contribution in [2.45, 2.75) is 0 Å². The Kier molecular flexibility index (Phi) is 3.14. The summed E-state index contributed by atoms with van der Waals surface area (Å²) in [5.74, 6) is -6.64. The highest BCUT2D eigenvalue weighted by Gasteiger charge is 2.19. The van der Waals surface area contributed by atoms with Crippen LogP contribution in [0.25, 0.3) is 11.1 Å². The molecule has 92 valence electrons. The molecule has 2 aromatic rings. The molecule has 5 heteroatoms. The number of benzene rings is 2. The van der Waals surface area contributed by atoms with Crippen LogP contribution < -0.4 is 0 Å². The molecule has 2 rings (SSSR count). The van der Waals surface area contributed by atoms with Crippen molar-refractivity contribution in [3.63, 3.8) is 0 Å². The Morgan fingerprint density at radius 1 is 0.833 bits per heavy atom. The van der Waals surface area contributed by atoms with Crippen molar-refractivity contribution in [2.24, 2.45) is 0 Å². The molecule has 0 radical (unpaired) electrons. The summed E-state index contributed by atoms with van der Waals surface area (Å²) in [7, 11) is 0. The van der Waals surface area contributed by atoms with Crippen molar-refractivity contribution in [1.82, 2.24) is 0 Å². The largest absolute Gasteiger partial charge is 0.298 e. The number of rotatable bonds is 2. The van der Waals surface area contributed by atoms with Gasteiger partial charge in [0.15, 0.2) is 23.3 Å². The molecular formula is C13H6F4O. The van der Waals surface area contributed by atoms with Gasteiger partial charge in [0, 0.05) is 11.1 Å². The fourth-order valence-electron chi connectivity index (χ4n) is 1.52. The summed E-state index contributed by atoms with van der Waals surface area (Å²) in [6.45, 7) is 0. The minimum atomic E-state index is -1.86. The second-order valence-electron chi connectivity index (χ2n) is 3.59. The predicted molar refractivity (Wildman–Crippen MR) is 57.1 cm³/mol. The maximum atomic E-state index is 13.5. The van der Waals surface area contributed by atoms with Gasteiger partial charge in [0.05, 0.1) is 0 Å². The minimum absolute atomic E-state index is 0.149. The molecule has 0 aliphatic heterocycles. The summed E-state index contributed by atoms with van der Waals surface area (Å²) in [5, 5.41) is 0. The first-order valence-electron chi connectivity index (χ1n) is 4.93. The Morgan fingerprint density at radius 3 is 2.00 bits per heavy atom. The quantitative estimate of drug-likeness (QED) is 0.345. The van der Waals surface area contributed by atoms with Crippen LogP contribution in [-0.2, 0) is 0 Å². The van der Waals surface area contributed by atoms with Gasteiger partial charge in [-0.2, -0.15) is 0 Å². The van der Waals surface area contributed by atoms with Crippen LogP contribution in [0.1, 0.15) is 10.4 Å². The zero-order chi connectivity index (χ0) is 13.3. The number of carbonyl (C=O) groups is 1. The summed E-state index contributed by atoms with van der Waals surface area (Å²) in [4.78, 5) is 10.4. The van der Waals surface area contributed by atoms with Crippen molar-refractivity contribution in [3.05, 3.63) is 59.2 Å². The van der Waals surface area contributed by atoms with Gasteiger partial charge in [-0.15, -0.1) is 0 Å². The Labute approximate surface area is 99.7 Å². The Hall–Kier alpha value is -2.17. The van der Waals surface area contributed by atoms with E-state index in [0.717, 1.165) is 0 Å². The summed E-state index contributed by atoms with van der Waals surface area (Å²) >= 11 is 0. The van der Waals surface area contributed by atoms with Crippen LogP contribution in [-0.4, -0.2) is 6.29 Å². The van der Waals surface area contributed by atoms with Gasteiger partial charge in [0.1, 0.15) is 6.29 Å². The molecule has 0 atom stereocenters. The van der Waals surface area contributed by atoms with Crippen molar-refractivity contribution >= 4 is 6.29 Å². The van der Waals surface area contributed by atoms with Gasteiger partial charge < -0.3 is 0 Å². The lowest BCUT2D eigenvalue weighted by atomic mass is 10.0. The average molecular weight is 254 g/mol. The number of carbonyl (C=O) groups excluding carboxylic acids is 1. The van der Waals surface area contributed by atoms with Gasteiger partial charge >= 0.3 is 0 Å². The van der Waals surface area contributed by atoms with Crippen LogP contribution in [0.3, 0.4) is 0 Å². The van der Waals surface area contributed by atoms with E-state index < -0.39 is 28.8 Å². The van der Waals surface area contributed by atoms with Crippen molar-refractivity contribution in [3.8, 4) is 11.1 Å². The van der Waals surface area contributed by atoms with E-state index >= 15 is 0 Å². The Morgan fingerprint density at radius 2 is 1.44 bits per heavy atom. The topological polar surface area (TPSA) is 17.1 Å². The molecule has 0 saturated heterocycles. The smallest absolute Gasteiger partial charge is 0.198 e. The van der Waals surface area contributed by atoms with Crippen LogP contribution in [0, 0.1) is 23.3 Å². The summed E-state index contributed by atoms with van der Waals surface area (Å²) < 4.78 is 52.3. The van der Waals surface area contributed by atoms with Gasteiger partial charge in [-0.3, -0.25) is 4.79 Å². The lowest BCUT2D eigenvalue weighted by molar-refractivity contribution is 0.112. The molecule has 0 aliphatic carbocycles. The number of hydrogen-bond acceptors (Lipinski definition) is 1. The highest BCUT2D eigenvalue weighted by molar-refractivity contribution is 5.77. The fraction of sp³-hybridized carbons (Fsp3) is 0. The summed E-state index contributed by atoms with van der Waals surface area (Å²) in [5.41, 5.74) is 0.0852. The summed E-state index contributed by atoms with van der Waals surface area (Å²) in [6, 6.07) is 5.93. The van der Waals surface area contributed by atoms with Crippen LogP contribution >= 0.6 is 0 Å². The van der Waals surface area contributed by atoms with Gasteiger partial charge in [-0.1, -0.05) is 24.3 Å². The lowest BCUT2D eigenvalue weighted by Gasteiger charge is -2.06. The molecule has 0 heterocycles. The maximum Gasteiger partial charge on any atom is 0.198 e. The molecular weight excluding hydrogens is 248 g/mol. The highest BCUT2D eigenvalue weighted by Crippen LogP contribution is 2.27. The standard InChI is InChI=1S/C13H6F4O/c14-10-5-9(11(15)13(17)12(10)16)8-3-1-7(6-18)2-4-8/h1-6H. The third-order valence-electron chi connectivity index (χ3n) is 2.46. The van der Waals surface area contributed by atoms with E-state index in [4.69, 9.17) is 0 Å². The third-order valence-corrected chi connectivity index (χ3v) is 2.46. The van der Waals surface area contributed by atoms with E-state index in [1.54, 1.807) is 0 Å². The maximum absolute atomic E-state index is 13.5. The highest BCUT2D eigenvalue weighted by atomic mass is 19.2. The Bertz CT molecular complexity index is 605. The number of halogens is 4. The molecule has 18 heavy (non-hydrogen) atoms. The monoisotopic (exact) mass is 254 g/mol. The second kappa shape index (κ2) is 4.60. The minimum Gasteiger partial charge on any atom is -0.298 e. The molecule has 0 N–H and O–H groups in total. The normalized spacial score (nSPS) is 10.4. The zero-order valence-corrected chi connectivity index (χ0v) is 8.88. The summed E-state index contributed by atoms with van der Waals surface area (Å²) in [6.07, 6.45) is 0.575. The van der Waals surface area contributed by atoms with Crippen LogP contribution in [0.4, 0.5) is 17.6 Å². The molecule has 1 nitrogen and oxygen atoms in total. The first kappa shape index (κ1) is 12.3. The molecule has 0 fully saturated rings. The first-order chi connectivity index (χ1) is 8.54. The molecule has 0 spiro atoms. The molecule has 0 aliphatic rings. The SMILES string of the molecule is O=Cc1ccc(-c2cc(F)c(F)c(F)c2F)cc1. The van der Waals surface area contributed by atoms with E-state index in [0.29, 0.717) is 17.9 Å².